The second-order valence-corrected chi connectivity index (χ2v) is 5.47. The third-order valence-electron chi connectivity index (χ3n) is 2.77. The first-order valence-corrected chi connectivity index (χ1v) is 7.59. The van der Waals surface area contributed by atoms with Gasteiger partial charge < -0.3 is 9.73 Å². The fourth-order valence-electron chi connectivity index (χ4n) is 1.81. The lowest BCUT2D eigenvalue weighted by Gasteiger charge is -2.07. The fourth-order valence-corrected chi connectivity index (χ4v) is 2.67. The molecular weight excluding hydrogens is 256 g/mol. The van der Waals surface area contributed by atoms with Crippen LogP contribution in [0.2, 0.25) is 0 Å². The molecule has 102 valence electrons. The van der Waals surface area contributed by atoms with Crippen molar-refractivity contribution >= 4 is 11.8 Å². The normalized spacial score (nSPS) is 10.8. The lowest BCUT2D eigenvalue weighted by molar-refractivity contribution is 0.530. The van der Waals surface area contributed by atoms with E-state index in [9.17, 15) is 0 Å². The van der Waals surface area contributed by atoms with Gasteiger partial charge >= 0.3 is 0 Å². The zero-order chi connectivity index (χ0) is 13.5. The summed E-state index contributed by atoms with van der Waals surface area (Å²) in [4.78, 5) is 4.54. The average Bonchev–Trinajstić information content (AvgIpc) is 2.91. The SMILES string of the molecule is CCCNCc1cnc(SCc2ccco2)c(C)c1. The number of furan rings is 1. The predicted octanol–water partition coefficient (Wildman–Crippen LogP) is 3.77. The number of hydrogen-bond donors (Lipinski definition) is 1. The molecule has 0 fully saturated rings. The van der Waals surface area contributed by atoms with Gasteiger partial charge in [-0.2, -0.15) is 0 Å². The van der Waals surface area contributed by atoms with Crippen LogP contribution in [-0.4, -0.2) is 11.5 Å². The van der Waals surface area contributed by atoms with Crippen LogP contribution >= 0.6 is 11.8 Å². The molecule has 0 aliphatic heterocycles. The van der Waals surface area contributed by atoms with E-state index in [4.69, 9.17) is 4.42 Å². The third-order valence-corrected chi connectivity index (χ3v) is 3.90. The summed E-state index contributed by atoms with van der Waals surface area (Å²) in [5.41, 5.74) is 2.47. The summed E-state index contributed by atoms with van der Waals surface area (Å²) in [6.45, 7) is 6.23. The number of thioether (sulfide) groups is 1. The molecule has 0 spiro atoms. The Bertz CT molecular complexity index is 497. The van der Waals surface area contributed by atoms with Crippen molar-refractivity contribution in [3.63, 3.8) is 0 Å². The number of pyridine rings is 1. The van der Waals surface area contributed by atoms with Crippen LogP contribution in [0.1, 0.15) is 30.2 Å². The number of aromatic nitrogens is 1. The van der Waals surface area contributed by atoms with Crippen molar-refractivity contribution in [2.45, 2.75) is 37.6 Å². The maximum absolute atomic E-state index is 5.33. The molecule has 19 heavy (non-hydrogen) atoms. The van der Waals surface area contributed by atoms with E-state index < -0.39 is 0 Å². The Morgan fingerprint density at radius 2 is 2.32 bits per heavy atom. The van der Waals surface area contributed by atoms with Gasteiger partial charge in [-0.1, -0.05) is 24.8 Å². The van der Waals surface area contributed by atoms with Crippen molar-refractivity contribution in [2.75, 3.05) is 6.54 Å². The largest absolute Gasteiger partial charge is 0.468 e. The molecule has 0 aromatic carbocycles. The summed E-state index contributed by atoms with van der Waals surface area (Å²) in [7, 11) is 0. The second-order valence-electron chi connectivity index (χ2n) is 4.51. The topological polar surface area (TPSA) is 38.1 Å². The van der Waals surface area contributed by atoms with Crippen LogP contribution in [0, 0.1) is 6.92 Å². The molecule has 0 unspecified atom stereocenters. The fraction of sp³-hybridized carbons (Fsp3) is 0.400. The highest BCUT2D eigenvalue weighted by molar-refractivity contribution is 7.98. The van der Waals surface area contributed by atoms with Crippen LogP contribution in [0.4, 0.5) is 0 Å². The molecule has 0 saturated heterocycles. The Balaban J connectivity index is 1.91. The highest BCUT2D eigenvalue weighted by atomic mass is 32.2. The van der Waals surface area contributed by atoms with Crippen molar-refractivity contribution in [1.82, 2.24) is 10.3 Å². The molecule has 0 bridgehead atoms. The Kier molecular flexibility index (Phi) is 5.48. The maximum Gasteiger partial charge on any atom is 0.114 e. The van der Waals surface area contributed by atoms with E-state index in [0.29, 0.717) is 0 Å². The summed E-state index contributed by atoms with van der Waals surface area (Å²) < 4.78 is 5.33. The number of nitrogens with one attached hydrogen (secondary N) is 1. The zero-order valence-corrected chi connectivity index (χ0v) is 12.3. The first kappa shape index (κ1) is 14.2. The van der Waals surface area contributed by atoms with E-state index in [1.54, 1.807) is 18.0 Å². The van der Waals surface area contributed by atoms with Crippen molar-refractivity contribution < 1.29 is 4.42 Å². The highest BCUT2D eigenvalue weighted by Gasteiger charge is 2.04. The number of hydrogen-bond acceptors (Lipinski definition) is 4. The molecule has 0 aliphatic carbocycles. The van der Waals surface area contributed by atoms with Crippen LogP contribution in [0.25, 0.3) is 0 Å². The van der Waals surface area contributed by atoms with E-state index in [1.807, 2.05) is 18.3 Å². The minimum atomic E-state index is 0.828. The summed E-state index contributed by atoms with van der Waals surface area (Å²) in [5.74, 6) is 1.81. The molecule has 0 saturated carbocycles. The van der Waals surface area contributed by atoms with Gasteiger partial charge in [0.15, 0.2) is 0 Å². The quantitative estimate of drug-likeness (QED) is 0.617. The summed E-state index contributed by atoms with van der Waals surface area (Å²) >= 11 is 1.72. The summed E-state index contributed by atoms with van der Waals surface area (Å²) in [5, 5.41) is 4.47. The minimum Gasteiger partial charge on any atom is -0.468 e. The van der Waals surface area contributed by atoms with Gasteiger partial charge in [-0.25, -0.2) is 4.98 Å². The van der Waals surface area contributed by atoms with E-state index >= 15 is 0 Å². The first-order chi connectivity index (χ1) is 9.29. The molecule has 4 heteroatoms. The maximum atomic E-state index is 5.33. The van der Waals surface area contributed by atoms with Crippen LogP contribution in [-0.2, 0) is 12.3 Å². The van der Waals surface area contributed by atoms with Crippen LogP contribution in [0.3, 0.4) is 0 Å². The highest BCUT2D eigenvalue weighted by Crippen LogP contribution is 2.24. The molecule has 2 heterocycles. The lowest BCUT2D eigenvalue weighted by atomic mass is 10.2. The average molecular weight is 276 g/mol. The Hall–Kier alpha value is -1.26. The molecule has 2 aromatic rings. The molecule has 2 rings (SSSR count). The van der Waals surface area contributed by atoms with Gasteiger partial charge in [-0.15, -0.1) is 0 Å². The van der Waals surface area contributed by atoms with Crippen molar-refractivity contribution in [1.29, 1.82) is 0 Å². The molecule has 0 atom stereocenters. The lowest BCUT2D eigenvalue weighted by Crippen LogP contribution is -2.14. The van der Waals surface area contributed by atoms with E-state index in [1.165, 1.54) is 11.1 Å². The van der Waals surface area contributed by atoms with Gasteiger partial charge in [0.05, 0.1) is 17.0 Å². The van der Waals surface area contributed by atoms with Crippen molar-refractivity contribution in [3.8, 4) is 0 Å². The minimum absolute atomic E-state index is 0.828. The third kappa shape index (κ3) is 4.40. The number of aryl methyl sites for hydroxylation is 1. The van der Waals surface area contributed by atoms with Gasteiger partial charge in [-0.3, -0.25) is 0 Å². The second kappa shape index (κ2) is 7.36. The van der Waals surface area contributed by atoms with Crippen LogP contribution < -0.4 is 5.32 Å². The van der Waals surface area contributed by atoms with E-state index in [2.05, 4.69) is 30.2 Å². The molecule has 2 aromatic heterocycles. The van der Waals surface area contributed by atoms with Gasteiger partial charge in [-0.05, 0) is 43.1 Å². The predicted molar refractivity (Wildman–Crippen MR) is 79.2 cm³/mol. The standard InChI is InChI=1S/C15H20N2OS/c1-3-6-16-9-13-8-12(2)15(17-10-13)19-11-14-5-4-7-18-14/h4-5,7-8,10,16H,3,6,9,11H2,1-2H3. The monoisotopic (exact) mass is 276 g/mol. The molecule has 3 nitrogen and oxygen atoms in total. The Labute approximate surface area is 118 Å². The Morgan fingerprint density at radius 1 is 1.42 bits per heavy atom. The summed E-state index contributed by atoms with van der Waals surface area (Å²) in [6.07, 6.45) is 4.82. The first-order valence-electron chi connectivity index (χ1n) is 6.61. The molecule has 0 amide bonds. The van der Waals surface area contributed by atoms with Crippen LogP contribution in [0.15, 0.2) is 40.1 Å². The van der Waals surface area contributed by atoms with E-state index in [0.717, 1.165) is 36.0 Å². The molecule has 0 radical (unpaired) electrons. The smallest absolute Gasteiger partial charge is 0.114 e. The number of rotatable bonds is 7. The summed E-state index contributed by atoms with van der Waals surface area (Å²) in [6, 6.07) is 6.12. The van der Waals surface area contributed by atoms with Gasteiger partial charge in [0, 0.05) is 12.7 Å². The molecule has 1 N–H and O–H groups in total. The Morgan fingerprint density at radius 3 is 3.00 bits per heavy atom. The molecular formula is C15H20N2OS. The van der Waals surface area contributed by atoms with Crippen molar-refractivity contribution in [3.05, 3.63) is 47.5 Å². The van der Waals surface area contributed by atoms with Gasteiger partial charge in [0.2, 0.25) is 0 Å². The van der Waals surface area contributed by atoms with E-state index in [-0.39, 0.29) is 0 Å². The number of nitrogens with zero attached hydrogens (tertiary/aromatic N) is 1. The zero-order valence-electron chi connectivity index (χ0n) is 11.5. The van der Waals surface area contributed by atoms with Crippen molar-refractivity contribution in [2.24, 2.45) is 0 Å². The van der Waals surface area contributed by atoms with Gasteiger partial charge in [0.25, 0.3) is 0 Å². The van der Waals surface area contributed by atoms with Gasteiger partial charge in [0.1, 0.15) is 5.76 Å². The van der Waals surface area contributed by atoms with Crippen LogP contribution in [0.5, 0.6) is 0 Å². The molecule has 0 aliphatic rings.